The number of unbranched alkanes of at least 4 members (excludes halogenated alkanes) is 1. The van der Waals surface area contributed by atoms with E-state index in [1.54, 1.807) is 0 Å². The summed E-state index contributed by atoms with van der Waals surface area (Å²) < 4.78 is 36.0. The van der Waals surface area contributed by atoms with Crippen LogP contribution >= 0.6 is 0 Å². The molecule has 1 unspecified atom stereocenters. The lowest BCUT2D eigenvalue weighted by Gasteiger charge is -2.42. The predicted molar refractivity (Wildman–Crippen MR) is 54.7 cm³/mol. The van der Waals surface area contributed by atoms with Gasteiger partial charge in [-0.3, -0.25) is 4.90 Å². The molecule has 0 aliphatic carbocycles. The van der Waals surface area contributed by atoms with Crippen LogP contribution in [0.2, 0.25) is 0 Å². The Labute approximate surface area is 89.6 Å². The van der Waals surface area contributed by atoms with Crippen LogP contribution in [-0.2, 0) is 0 Å². The van der Waals surface area contributed by atoms with E-state index in [1.807, 2.05) is 0 Å². The van der Waals surface area contributed by atoms with Gasteiger partial charge in [0, 0.05) is 13.1 Å². The first-order chi connectivity index (χ1) is 6.92. The Morgan fingerprint density at radius 2 is 1.93 bits per heavy atom. The summed E-state index contributed by atoms with van der Waals surface area (Å²) in [7, 11) is 0. The average molecular weight is 223 g/mol. The van der Waals surface area contributed by atoms with Gasteiger partial charge in [0.25, 0.3) is 0 Å². The predicted octanol–water partition coefficient (Wildman–Crippen LogP) is 3.31. The number of nitrogens with zero attached hydrogens (tertiary/aromatic N) is 1. The van der Waals surface area contributed by atoms with Crippen LogP contribution in [0, 0.1) is 11.8 Å². The maximum absolute atomic E-state index is 12.0. The molecule has 0 radical (unpaired) electrons. The minimum atomic E-state index is -4.03. The molecule has 1 fully saturated rings. The third-order valence-corrected chi connectivity index (χ3v) is 3.21. The summed E-state index contributed by atoms with van der Waals surface area (Å²) in [5.74, 6) is 1.06. The van der Waals surface area contributed by atoms with Crippen LogP contribution in [0.4, 0.5) is 13.2 Å². The molecule has 0 saturated carbocycles. The molecule has 1 aliphatic rings. The maximum Gasteiger partial charge on any atom is 0.401 e. The lowest BCUT2D eigenvalue weighted by Crippen LogP contribution is -2.52. The van der Waals surface area contributed by atoms with Crippen LogP contribution < -0.4 is 0 Å². The van der Waals surface area contributed by atoms with Gasteiger partial charge >= 0.3 is 6.18 Å². The van der Waals surface area contributed by atoms with Gasteiger partial charge < -0.3 is 0 Å². The van der Waals surface area contributed by atoms with Gasteiger partial charge in [-0.15, -0.1) is 0 Å². The Morgan fingerprint density at radius 1 is 1.33 bits per heavy atom. The number of hydrogen-bond donors (Lipinski definition) is 0. The molecule has 0 spiro atoms. The van der Waals surface area contributed by atoms with E-state index in [0.717, 1.165) is 6.42 Å². The van der Waals surface area contributed by atoms with Gasteiger partial charge in [0.05, 0.1) is 6.54 Å². The molecule has 1 aliphatic heterocycles. The normalized spacial score (nSPS) is 21.4. The van der Waals surface area contributed by atoms with Gasteiger partial charge in [-0.05, 0) is 11.8 Å². The maximum atomic E-state index is 12.0. The first-order valence-corrected chi connectivity index (χ1v) is 5.71. The van der Waals surface area contributed by atoms with Crippen molar-refractivity contribution < 1.29 is 13.2 Å². The highest BCUT2D eigenvalue weighted by Gasteiger charge is 2.38. The monoisotopic (exact) mass is 223 g/mol. The van der Waals surface area contributed by atoms with Crippen molar-refractivity contribution in [3.05, 3.63) is 0 Å². The minimum absolute atomic E-state index is 0.485. The van der Waals surface area contributed by atoms with E-state index >= 15 is 0 Å². The van der Waals surface area contributed by atoms with Gasteiger partial charge in [-0.25, -0.2) is 0 Å². The van der Waals surface area contributed by atoms with Crippen LogP contribution in [0.15, 0.2) is 0 Å². The lowest BCUT2D eigenvalue weighted by molar-refractivity contribution is -0.161. The molecule has 1 atom stereocenters. The Kier molecular flexibility index (Phi) is 4.44. The van der Waals surface area contributed by atoms with Crippen LogP contribution in [-0.4, -0.2) is 30.7 Å². The zero-order valence-electron chi connectivity index (χ0n) is 9.48. The zero-order valence-corrected chi connectivity index (χ0v) is 9.48. The van der Waals surface area contributed by atoms with Crippen LogP contribution in [0.1, 0.15) is 33.1 Å². The molecule has 0 aromatic rings. The van der Waals surface area contributed by atoms with Crippen molar-refractivity contribution in [2.45, 2.75) is 39.3 Å². The van der Waals surface area contributed by atoms with Crippen molar-refractivity contribution >= 4 is 0 Å². The largest absolute Gasteiger partial charge is 0.401 e. The number of rotatable bonds is 5. The molecule has 4 heteroatoms. The molecule has 90 valence electrons. The molecule has 0 bridgehead atoms. The molecule has 0 aromatic carbocycles. The molecule has 1 heterocycles. The second-order valence-electron chi connectivity index (χ2n) is 4.69. The van der Waals surface area contributed by atoms with Crippen LogP contribution in [0.3, 0.4) is 0 Å². The second kappa shape index (κ2) is 5.19. The highest BCUT2D eigenvalue weighted by Crippen LogP contribution is 2.29. The minimum Gasteiger partial charge on any atom is -0.294 e. The van der Waals surface area contributed by atoms with E-state index < -0.39 is 12.7 Å². The fourth-order valence-electron chi connectivity index (χ4n) is 2.11. The molecule has 0 amide bonds. The van der Waals surface area contributed by atoms with Gasteiger partial charge in [-0.2, -0.15) is 13.2 Å². The molecule has 1 rings (SSSR count). The Hall–Kier alpha value is -0.250. The standard InChI is InChI=1S/C11H20F3N/c1-3-4-5-9(2)10-6-15(7-10)8-11(12,13)14/h9-10H,3-8H2,1-2H3. The third kappa shape index (κ3) is 4.41. The van der Waals surface area contributed by atoms with Crippen molar-refractivity contribution in [3.63, 3.8) is 0 Å². The summed E-state index contributed by atoms with van der Waals surface area (Å²) in [5.41, 5.74) is 0. The van der Waals surface area contributed by atoms with Gasteiger partial charge in [0.15, 0.2) is 0 Å². The van der Waals surface area contributed by atoms with E-state index in [0.29, 0.717) is 24.9 Å². The summed E-state index contributed by atoms with van der Waals surface area (Å²) in [4.78, 5) is 1.49. The smallest absolute Gasteiger partial charge is 0.294 e. The fraction of sp³-hybridized carbons (Fsp3) is 1.00. The third-order valence-electron chi connectivity index (χ3n) is 3.21. The highest BCUT2D eigenvalue weighted by atomic mass is 19.4. The van der Waals surface area contributed by atoms with Gasteiger partial charge in [0.2, 0.25) is 0 Å². The number of alkyl halides is 3. The van der Waals surface area contributed by atoms with E-state index in [1.165, 1.54) is 17.7 Å². The fourth-order valence-corrected chi connectivity index (χ4v) is 2.11. The molecule has 1 nitrogen and oxygen atoms in total. The van der Waals surface area contributed by atoms with Crippen LogP contribution in [0.25, 0.3) is 0 Å². The van der Waals surface area contributed by atoms with E-state index in [2.05, 4.69) is 13.8 Å². The quantitative estimate of drug-likeness (QED) is 0.691. The summed E-state index contributed by atoms with van der Waals surface area (Å²) in [5, 5.41) is 0. The zero-order chi connectivity index (χ0) is 11.5. The summed E-state index contributed by atoms with van der Waals surface area (Å²) >= 11 is 0. The molecule has 0 N–H and O–H groups in total. The Bertz CT molecular complexity index is 185. The van der Waals surface area contributed by atoms with Crippen molar-refractivity contribution in [2.75, 3.05) is 19.6 Å². The molecule has 15 heavy (non-hydrogen) atoms. The number of halogens is 3. The average Bonchev–Trinajstić information content (AvgIpc) is 2.05. The van der Waals surface area contributed by atoms with Crippen molar-refractivity contribution in [2.24, 2.45) is 11.8 Å². The van der Waals surface area contributed by atoms with Crippen molar-refractivity contribution in [1.82, 2.24) is 4.90 Å². The molecule has 1 saturated heterocycles. The highest BCUT2D eigenvalue weighted by molar-refractivity contribution is 4.84. The van der Waals surface area contributed by atoms with E-state index in [9.17, 15) is 13.2 Å². The summed E-state index contributed by atoms with van der Waals surface area (Å²) in [6, 6.07) is 0. The number of likely N-dealkylation sites (tertiary alicyclic amines) is 1. The van der Waals surface area contributed by atoms with Crippen LogP contribution in [0.5, 0.6) is 0 Å². The number of hydrogen-bond acceptors (Lipinski definition) is 1. The van der Waals surface area contributed by atoms with E-state index in [4.69, 9.17) is 0 Å². The van der Waals surface area contributed by atoms with Crippen molar-refractivity contribution in [3.8, 4) is 0 Å². The van der Waals surface area contributed by atoms with Gasteiger partial charge in [0.1, 0.15) is 0 Å². The summed E-state index contributed by atoms with van der Waals surface area (Å²) in [6.45, 7) is 4.83. The molecule has 0 aromatic heterocycles. The Morgan fingerprint density at radius 3 is 2.40 bits per heavy atom. The summed E-state index contributed by atoms with van der Waals surface area (Å²) in [6.07, 6.45) is -0.515. The first-order valence-electron chi connectivity index (χ1n) is 5.71. The topological polar surface area (TPSA) is 3.24 Å². The van der Waals surface area contributed by atoms with Gasteiger partial charge in [-0.1, -0.05) is 33.1 Å². The first kappa shape index (κ1) is 12.8. The SMILES string of the molecule is CCCCC(C)C1CN(CC(F)(F)F)C1. The molecular formula is C11H20F3N. The lowest BCUT2D eigenvalue weighted by atomic mass is 9.84. The van der Waals surface area contributed by atoms with E-state index in [-0.39, 0.29) is 0 Å². The molecular weight excluding hydrogens is 203 g/mol. The van der Waals surface area contributed by atoms with Crippen molar-refractivity contribution in [1.29, 1.82) is 0 Å². The Balaban J connectivity index is 2.14. The second-order valence-corrected chi connectivity index (χ2v) is 4.69.